The van der Waals surface area contributed by atoms with E-state index in [1.54, 1.807) is 25.4 Å². The average Bonchev–Trinajstić information content (AvgIpc) is 3.34. The number of hydrogen-bond acceptors (Lipinski definition) is 6. The Balaban J connectivity index is 1.79. The molecule has 1 aliphatic heterocycles. The monoisotopic (exact) mass is 475 g/mol. The second kappa shape index (κ2) is 8.14. The molecule has 0 N–H and O–H groups in total. The molecule has 11 heteroatoms. The molecule has 0 unspecified atom stereocenters. The minimum Gasteiger partial charge on any atom is -0.381 e. The second-order valence-electron chi connectivity index (χ2n) is 8.38. The van der Waals surface area contributed by atoms with Gasteiger partial charge in [0.1, 0.15) is 12.4 Å². The Bertz CT molecular complexity index is 1460. The molecule has 174 valence electrons. The van der Waals surface area contributed by atoms with Gasteiger partial charge in [0, 0.05) is 49.6 Å². The maximum atomic E-state index is 16.1. The van der Waals surface area contributed by atoms with Gasteiger partial charge in [0.2, 0.25) is 0 Å². The lowest BCUT2D eigenvalue weighted by Crippen LogP contribution is -2.23. The molecule has 1 aliphatic rings. The highest BCUT2D eigenvalue weighted by atomic mass is 32.2. The van der Waals surface area contributed by atoms with Crippen molar-refractivity contribution < 1.29 is 21.9 Å². The molecular weight excluding hydrogens is 452 g/mol. The van der Waals surface area contributed by atoms with Crippen LogP contribution in [0.1, 0.15) is 24.8 Å². The van der Waals surface area contributed by atoms with Crippen molar-refractivity contribution in [3.63, 3.8) is 0 Å². The van der Waals surface area contributed by atoms with Gasteiger partial charge in [-0.3, -0.25) is 4.98 Å². The fraction of sp³-hybridized carbons (Fsp3) is 0.409. The zero-order chi connectivity index (χ0) is 23.3. The number of alkyl halides is 2. The average molecular weight is 476 g/mol. The lowest BCUT2D eigenvalue weighted by Gasteiger charge is -2.27. The first kappa shape index (κ1) is 21.9. The first-order chi connectivity index (χ1) is 15.8. The first-order valence-corrected chi connectivity index (χ1v) is 12.5. The highest BCUT2D eigenvalue weighted by molar-refractivity contribution is 7.90. The number of pyridine rings is 1. The summed E-state index contributed by atoms with van der Waals surface area (Å²) in [4.78, 5) is 4.67. The van der Waals surface area contributed by atoms with E-state index < -0.39 is 22.8 Å². The van der Waals surface area contributed by atoms with Gasteiger partial charge in [-0.1, -0.05) is 5.21 Å². The van der Waals surface area contributed by atoms with Crippen molar-refractivity contribution in [1.82, 2.24) is 24.5 Å². The van der Waals surface area contributed by atoms with E-state index in [9.17, 15) is 12.8 Å². The highest BCUT2D eigenvalue weighted by Crippen LogP contribution is 2.39. The molecule has 5 rings (SSSR count). The fourth-order valence-corrected chi connectivity index (χ4v) is 5.20. The predicted molar refractivity (Wildman–Crippen MR) is 119 cm³/mol. The second-order valence-corrected chi connectivity index (χ2v) is 10.4. The van der Waals surface area contributed by atoms with Crippen LogP contribution in [-0.4, -0.2) is 52.4 Å². The van der Waals surface area contributed by atoms with E-state index in [2.05, 4.69) is 15.3 Å². The van der Waals surface area contributed by atoms with Gasteiger partial charge >= 0.3 is 0 Å². The summed E-state index contributed by atoms with van der Waals surface area (Å²) < 4.78 is 62.4. The van der Waals surface area contributed by atoms with E-state index in [4.69, 9.17) is 4.74 Å². The summed E-state index contributed by atoms with van der Waals surface area (Å²) in [6, 6.07) is 6.40. The van der Waals surface area contributed by atoms with Crippen LogP contribution in [0.5, 0.6) is 0 Å². The normalized spacial score (nSPS) is 16.6. The molecule has 33 heavy (non-hydrogen) atoms. The SMILES string of the molecule is Cn1nnc(CF)c1-c1cnc2c3ccc(S(C)(=O)=O)cc3n([C@H](F)C3CCOCC3)c2c1. The Morgan fingerprint density at radius 1 is 1.21 bits per heavy atom. The number of fused-ring (bicyclic) bond motifs is 3. The number of aromatic nitrogens is 5. The number of benzene rings is 1. The van der Waals surface area contributed by atoms with Gasteiger partial charge in [0.15, 0.2) is 16.1 Å². The Labute approximate surface area is 189 Å². The Morgan fingerprint density at radius 3 is 2.67 bits per heavy atom. The lowest BCUT2D eigenvalue weighted by atomic mass is 9.99. The molecule has 0 amide bonds. The molecule has 3 aromatic heterocycles. The minimum atomic E-state index is -3.50. The van der Waals surface area contributed by atoms with Gasteiger partial charge in [0.25, 0.3) is 0 Å². The zero-order valence-electron chi connectivity index (χ0n) is 18.2. The Kier molecular flexibility index (Phi) is 5.40. The minimum absolute atomic E-state index is 0.106. The molecule has 1 fully saturated rings. The molecular formula is C22H23F2N5O3S. The number of ether oxygens (including phenoxy) is 1. The van der Waals surface area contributed by atoms with Crippen LogP contribution in [0.25, 0.3) is 33.2 Å². The third-order valence-corrected chi connectivity index (χ3v) is 7.35. The largest absolute Gasteiger partial charge is 0.381 e. The Morgan fingerprint density at radius 2 is 1.97 bits per heavy atom. The number of sulfone groups is 1. The molecule has 1 aromatic carbocycles. The smallest absolute Gasteiger partial charge is 0.179 e. The molecule has 1 saturated heterocycles. The maximum Gasteiger partial charge on any atom is 0.179 e. The summed E-state index contributed by atoms with van der Waals surface area (Å²) in [6.07, 6.45) is 2.40. The maximum absolute atomic E-state index is 16.1. The van der Waals surface area contributed by atoms with E-state index in [-0.39, 0.29) is 16.5 Å². The van der Waals surface area contributed by atoms with Crippen LogP contribution < -0.4 is 0 Å². The summed E-state index contributed by atoms with van der Waals surface area (Å²) in [5.74, 6) is -0.289. The molecule has 0 bridgehead atoms. The molecule has 0 aliphatic carbocycles. The van der Waals surface area contributed by atoms with Crippen molar-refractivity contribution in [2.45, 2.75) is 30.7 Å². The summed E-state index contributed by atoms with van der Waals surface area (Å²) in [5, 5.41) is 8.39. The van der Waals surface area contributed by atoms with Crippen LogP contribution >= 0.6 is 0 Å². The van der Waals surface area contributed by atoms with Gasteiger partial charge in [-0.15, -0.1) is 5.10 Å². The molecule has 4 aromatic rings. The molecule has 1 atom stereocenters. The van der Waals surface area contributed by atoms with Gasteiger partial charge in [-0.05, 0) is 37.1 Å². The highest BCUT2D eigenvalue weighted by Gasteiger charge is 2.29. The summed E-state index contributed by atoms with van der Waals surface area (Å²) in [7, 11) is -1.84. The van der Waals surface area contributed by atoms with Crippen LogP contribution in [0.3, 0.4) is 0 Å². The summed E-state index contributed by atoms with van der Waals surface area (Å²) in [6.45, 7) is 0.150. The van der Waals surface area contributed by atoms with Crippen LogP contribution in [0, 0.1) is 5.92 Å². The molecule has 0 saturated carbocycles. The van der Waals surface area contributed by atoms with Crippen LogP contribution in [0.2, 0.25) is 0 Å². The number of rotatable bonds is 5. The zero-order valence-corrected chi connectivity index (χ0v) is 19.0. The van der Waals surface area contributed by atoms with Crippen LogP contribution in [0.15, 0.2) is 35.4 Å². The summed E-state index contributed by atoms with van der Waals surface area (Å²) >= 11 is 0. The van der Waals surface area contributed by atoms with E-state index >= 15 is 4.39 Å². The Hall–Kier alpha value is -2.92. The predicted octanol–water partition coefficient (Wildman–Crippen LogP) is 3.75. The van der Waals surface area contributed by atoms with Crippen molar-refractivity contribution in [2.75, 3.05) is 19.5 Å². The molecule has 0 spiro atoms. The van der Waals surface area contributed by atoms with Crippen LogP contribution in [0.4, 0.5) is 8.78 Å². The van der Waals surface area contributed by atoms with Crippen molar-refractivity contribution >= 4 is 31.8 Å². The standard InChI is InChI=1S/C22H23F2N5O3S/c1-28-21(17(11-23)26-27-28)14-9-19-20(25-12-14)16-4-3-15(33(2,30)31)10-18(16)29(19)22(24)13-5-7-32-8-6-13/h3-4,9-10,12-13,22H,5-8,11H2,1-2H3/t22-/m0/s1. The third kappa shape index (κ3) is 3.68. The topological polar surface area (TPSA) is 91.9 Å². The quantitative estimate of drug-likeness (QED) is 0.437. The van der Waals surface area contributed by atoms with E-state index in [1.165, 1.54) is 21.4 Å². The van der Waals surface area contributed by atoms with E-state index in [0.717, 1.165) is 6.26 Å². The molecule has 4 heterocycles. The van der Waals surface area contributed by atoms with Gasteiger partial charge < -0.3 is 9.30 Å². The fourth-order valence-electron chi connectivity index (χ4n) is 4.56. The third-order valence-electron chi connectivity index (χ3n) is 6.24. The van der Waals surface area contributed by atoms with Crippen molar-refractivity contribution in [3.8, 4) is 11.3 Å². The van der Waals surface area contributed by atoms with Crippen molar-refractivity contribution in [2.24, 2.45) is 13.0 Å². The molecule has 8 nitrogen and oxygen atoms in total. The summed E-state index contributed by atoms with van der Waals surface area (Å²) in [5.41, 5.74) is 2.67. The van der Waals surface area contributed by atoms with Crippen molar-refractivity contribution in [1.29, 1.82) is 0 Å². The lowest BCUT2D eigenvalue weighted by molar-refractivity contribution is 0.0188. The molecule has 0 radical (unpaired) electrons. The number of nitrogens with zero attached hydrogens (tertiary/aromatic N) is 5. The first-order valence-electron chi connectivity index (χ1n) is 10.6. The van der Waals surface area contributed by atoms with Crippen LogP contribution in [-0.2, 0) is 28.3 Å². The number of hydrogen-bond donors (Lipinski definition) is 0. The van der Waals surface area contributed by atoms with Gasteiger partial charge in [-0.25, -0.2) is 21.9 Å². The van der Waals surface area contributed by atoms with Crippen molar-refractivity contribution in [3.05, 3.63) is 36.2 Å². The van der Waals surface area contributed by atoms with Gasteiger partial charge in [-0.2, -0.15) is 0 Å². The number of aryl methyl sites for hydroxylation is 1. The van der Waals surface area contributed by atoms with E-state index in [1.807, 2.05) is 0 Å². The van der Waals surface area contributed by atoms with Gasteiger partial charge in [0.05, 0.1) is 27.1 Å². The number of halogens is 2. The van der Waals surface area contributed by atoms with E-state index in [0.29, 0.717) is 59.2 Å².